The van der Waals surface area contributed by atoms with Gasteiger partial charge in [0.2, 0.25) is 0 Å². The van der Waals surface area contributed by atoms with Gasteiger partial charge in [-0.2, -0.15) is 0 Å². The molecular weight excluding hydrogens is 656 g/mol. The monoisotopic (exact) mass is 692 g/mol. The van der Waals surface area contributed by atoms with Crippen molar-refractivity contribution in [3.05, 3.63) is 160 Å². The molecule has 0 radical (unpaired) electrons. The molecule has 6 aromatic carbocycles. The number of ether oxygens (including phenoxy) is 3. The third kappa shape index (κ3) is 6.70. The zero-order valence-electron chi connectivity index (χ0n) is 28.5. The maximum atomic E-state index is 13.2. The Morgan fingerprint density at radius 2 is 1.48 bits per heavy atom. The number of rotatable bonds is 9. The minimum atomic E-state index is -0.769. The lowest BCUT2D eigenvalue weighted by molar-refractivity contribution is -0.252. The minimum Gasteiger partial charge on any atom is -0.392 e. The van der Waals surface area contributed by atoms with Crippen LogP contribution >= 0.6 is 0 Å². The average Bonchev–Trinajstić information content (AvgIpc) is 3.46. The third-order valence-corrected chi connectivity index (χ3v) is 9.76. The van der Waals surface area contributed by atoms with Crippen LogP contribution in [0.15, 0.2) is 121 Å². The fourth-order valence-corrected chi connectivity index (χ4v) is 7.19. The van der Waals surface area contributed by atoms with Crippen molar-refractivity contribution < 1.29 is 33.7 Å². The molecule has 8 rings (SSSR count). The van der Waals surface area contributed by atoms with E-state index >= 15 is 0 Å². The first kappa shape index (κ1) is 33.4. The number of benzene rings is 6. The van der Waals surface area contributed by atoms with E-state index in [-0.39, 0.29) is 35.5 Å². The number of amides is 1. The molecule has 1 fully saturated rings. The molecule has 1 unspecified atom stereocenters. The average molecular weight is 693 g/mol. The van der Waals surface area contributed by atoms with Crippen LogP contribution in [-0.2, 0) is 27.4 Å². The van der Waals surface area contributed by atoms with E-state index < -0.39 is 24.1 Å². The molecule has 9 nitrogen and oxygen atoms in total. The molecule has 1 amide bonds. The van der Waals surface area contributed by atoms with Gasteiger partial charge in [0, 0.05) is 36.3 Å². The summed E-state index contributed by atoms with van der Waals surface area (Å²) in [7, 11) is 2.11. The quantitative estimate of drug-likeness (QED) is 0.0900. The normalized spacial score (nSPS) is 18.5. The number of esters is 2. The van der Waals surface area contributed by atoms with Crippen molar-refractivity contribution in [2.45, 2.75) is 38.1 Å². The topological polar surface area (TPSA) is 114 Å². The van der Waals surface area contributed by atoms with Crippen LogP contribution in [0.25, 0.3) is 21.5 Å². The highest BCUT2D eigenvalue weighted by molar-refractivity contribution is 6.16. The molecule has 0 saturated carbocycles. The van der Waals surface area contributed by atoms with Crippen molar-refractivity contribution in [2.75, 3.05) is 18.9 Å². The van der Waals surface area contributed by atoms with Crippen LogP contribution < -0.4 is 5.32 Å². The van der Waals surface area contributed by atoms with E-state index in [1.807, 2.05) is 42.5 Å². The van der Waals surface area contributed by atoms with E-state index in [9.17, 15) is 19.5 Å². The van der Waals surface area contributed by atoms with Crippen LogP contribution in [0.3, 0.4) is 0 Å². The Morgan fingerprint density at radius 3 is 2.21 bits per heavy atom. The Bertz CT molecular complexity index is 2280. The summed E-state index contributed by atoms with van der Waals surface area (Å²) in [6, 6.07) is 38.6. The SMILES string of the molecule is CN(Cc1c2ccccc2cc2ccccc12)C[C@@H]1C[C@H](c2ccc(CO)cc2)OC(c2cccc(NC(=O)c3ccc4c(c3)C(=O)OC4=O)c2)O1. The van der Waals surface area contributed by atoms with Gasteiger partial charge in [-0.05, 0) is 81.7 Å². The highest BCUT2D eigenvalue weighted by Gasteiger charge is 2.34. The van der Waals surface area contributed by atoms with Gasteiger partial charge in [-0.25, -0.2) is 9.59 Å². The van der Waals surface area contributed by atoms with Gasteiger partial charge < -0.3 is 24.6 Å². The van der Waals surface area contributed by atoms with Gasteiger partial charge in [-0.3, -0.25) is 9.69 Å². The summed E-state index contributed by atoms with van der Waals surface area (Å²) in [5, 5.41) is 17.4. The number of fused-ring (bicyclic) bond motifs is 3. The standard InChI is InChI=1S/C43H36N2O7/c1-45(24-38-34-11-4-2-7-28(34)19-29-8-3-5-12-35(29)38)23-33-22-39(27-15-13-26(25-46)14-16-27)51-43(50-33)31-9-6-10-32(20-31)44-40(47)30-17-18-36-37(21-30)42(49)52-41(36)48/h2-21,33,39,43,46H,22-25H2,1H3,(H,44,47)/t33-,39+,43?/m0/s1. The molecule has 52 heavy (non-hydrogen) atoms. The molecule has 260 valence electrons. The molecule has 2 aliphatic rings. The number of likely N-dealkylation sites (N-methyl/N-ethyl adjacent to an activating group) is 1. The van der Waals surface area contributed by atoms with E-state index in [1.165, 1.54) is 45.3 Å². The lowest BCUT2D eigenvalue weighted by Gasteiger charge is -2.38. The summed E-state index contributed by atoms with van der Waals surface area (Å²) in [5.41, 5.74) is 4.74. The lowest BCUT2D eigenvalue weighted by Crippen LogP contribution is -2.37. The number of hydrogen-bond donors (Lipinski definition) is 2. The van der Waals surface area contributed by atoms with Crippen LogP contribution in [0.1, 0.15) is 72.1 Å². The molecule has 2 aliphatic heterocycles. The third-order valence-electron chi connectivity index (χ3n) is 9.76. The number of aliphatic hydroxyl groups is 1. The molecule has 2 heterocycles. The highest BCUT2D eigenvalue weighted by atomic mass is 16.7. The largest absolute Gasteiger partial charge is 0.392 e. The smallest absolute Gasteiger partial charge is 0.346 e. The number of carbonyl (C=O) groups excluding carboxylic acids is 3. The number of nitrogens with one attached hydrogen (secondary N) is 1. The fraction of sp³-hybridized carbons (Fsp3) is 0.186. The Morgan fingerprint density at radius 1 is 0.769 bits per heavy atom. The van der Waals surface area contributed by atoms with Crippen molar-refractivity contribution >= 4 is 45.1 Å². The van der Waals surface area contributed by atoms with Crippen molar-refractivity contribution in [1.82, 2.24) is 4.90 Å². The summed E-state index contributed by atoms with van der Waals surface area (Å²) in [5.74, 6) is -1.93. The maximum Gasteiger partial charge on any atom is 0.346 e. The highest BCUT2D eigenvalue weighted by Crippen LogP contribution is 2.39. The molecule has 0 aromatic heterocycles. The van der Waals surface area contributed by atoms with Crippen LogP contribution in [-0.4, -0.2) is 47.5 Å². The number of nitrogens with zero attached hydrogens (tertiary/aromatic N) is 1. The Balaban J connectivity index is 1.04. The molecule has 3 atom stereocenters. The molecule has 9 heteroatoms. The molecule has 2 N–H and O–H groups in total. The number of anilines is 1. The Kier molecular flexibility index (Phi) is 9.09. The number of cyclic esters (lactones) is 2. The summed E-state index contributed by atoms with van der Waals surface area (Å²) in [6.45, 7) is 1.32. The Labute approximate surface area is 300 Å². The lowest BCUT2D eigenvalue weighted by atomic mass is 9.96. The van der Waals surface area contributed by atoms with Crippen molar-refractivity contribution in [1.29, 1.82) is 0 Å². The Hall–Kier alpha value is -5.71. The first-order valence-corrected chi connectivity index (χ1v) is 17.2. The summed E-state index contributed by atoms with van der Waals surface area (Å²) in [4.78, 5) is 39.4. The van der Waals surface area contributed by atoms with Gasteiger partial charge in [0.1, 0.15) is 0 Å². The summed E-state index contributed by atoms with van der Waals surface area (Å²) >= 11 is 0. The number of carbonyl (C=O) groups is 3. The molecule has 0 spiro atoms. The second kappa shape index (κ2) is 14.1. The van der Waals surface area contributed by atoms with Gasteiger partial charge in [-0.15, -0.1) is 0 Å². The van der Waals surface area contributed by atoms with Crippen LogP contribution in [0, 0.1) is 0 Å². The summed E-state index contributed by atoms with van der Waals surface area (Å²) in [6.07, 6.45) is -0.587. The van der Waals surface area contributed by atoms with E-state index in [0.29, 0.717) is 18.7 Å². The zero-order valence-corrected chi connectivity index (χ0v) is 28.5. The molecular formula is C43H36N2O7. The predicted molar refractivity (Wildman–Crippen MR) is 197 cm³/mol. The molecule has 1 saturated heterocycles. The fourth-order valence-electron chi connectivity index (χ4n) is 7.19. The van der Waals surface area contributed by atoms with E-state index in [0.717, 1.165) is 23.2 Å². The first-order chi connectivity index (χ1) is 25.3. The molecule has 0 aliphatic carbocycles. The van der Waals surface area contributed by atoms with Gasteiger partial charge >= 0.3 is 11.9 Å². The zero-order chi connectivity index (χ0) is 35.8. The van der Waals surface area contributed by atoms with Gasteiger partial charge in [0.25, 0.3) is 5.91 Å². The second-order valence-corrected chi connectivity index (χ2v) is 13.4. The second-order valence-electron chi connectivity index (χ2n) is 13.4. The van der Waals surface area contributed by atoms with E-state index in [2.05, 4.69) is 76.6 Å². The maximum absolute atomic E-state index is 13.2. The first-order valence-electron chi connectivity index (χ1n) is 17.2. The van der Waals surface area contributed by atoms with Crippen molar-refractivity contribution in [3.63, 3.8) is 0 Å². The van der Waals surface area contributed by atoms with Gasteiger partial charge in [0.15, 0.2) is 6.29 Å². The molecule has 6 aromatic rings. The van der Waals surface area contributed by atoms with Gasteiger partial charge in [0.05, 0.1) is 29.9 Å². The number of hydrogen-bond acceptors (Lipinski definition) is 8. The van der Waals surface area contributed by atoms with E-state index in [1.54, 1.807) is 6.07 Å². The van der Waals surface area contributed by atoms with Gasteiger partial charge in [-0.1, -0.05) is 84.9 Å². The predicted octanol–water partition coefficient (Wildman–Crippen LogP) is 7.73. The van der Waals surface area contributed by atoms with Crippen LogP contribution in [0.4, 0.5) is 5.69 Å². The van der Waals surface area contributed by atoms with Crippen LogP contribution in [0.5, 0.6) is 0 Å². The van der Waals surface area contributed by atoms with Crippen molar-refractivity contribution in [3.8, 4) is 0 Å². The van der Waals surface area contributed by atoms with Crippen LogP contribution in [0.2, 0.25) is 0 Å². The van der Waals surface area contributed by atoms with E-state index in [4.69, 9.17) is 9.47 Å². The summed E-state index contributed by atoms with van der Waals surface area (Å²) < 4.78 is 17.9. The number of aliphatic hydroxyl groups excluding tert-OH is 1. The van der Waals surface area contributed by atoms with Crippen molar-refractivity contribution in [2.24, 2.45) is 0 Å². The minimum absolute atomic E-state index is 0.0417. The molecule has 0 bridgehead atoms.